The Morgan fingerprint density at radius 1 is 1.07 bits per heavy atom. The van der Waals surface area contributed by atoms with Gasteiger partial charge < -0.3 is 14.8 Å². The van der Waals surface area contributed by atoms with Crippen LogP contribution in [0.5, 0.6) is 0 Å². The van der Waals surface area contributed by atoms with E-state index in [1.54, 1.807) is 18.5 Å². The molecule has 27 heavy (non-hydrogen) atoms. The number of hydrogen-bond acceptors (Lipinski definition) is 7. The van der Waals surface area contributed by atoms with Gasteiger partial charge in [0.2, 0.25) is 5.95 Å². The molecule has 0 spiro atoms. The van der Waals surface area contributed by atoms with Crippen molar-refractivity contribution in [1.29, 1.82) is 0 Å². The Morgan fingerprint density at radius 2 is 1.81 bits per heavy atom. The lowest BCUT2D eigenvalue weighted by Gasteiger charge is -2.28. The summed E-state index contributed by atoms with van der Waals surface area (Å²) in [5, 5.41) is 3.13. The SMILES string of the molecule is Cc1cc(N2CCCCC2)nc(NCCNS(=O)(=O)c2cn(C)c(C)n2)n1. The van der Waals surface area contributed by atoms with Crippen molar-refractivity contribution in [2.24, 2.45) is 7.05 Å². The molecule has 148 valence electrons. The highest BCUT2D eigenvalue weighted by Gasteiger charge is 2.18. The fourth-order valence-corrected chi connectivity index (χ4v) is 4.07. The predicted molar refractivity (Wildman–Crippen MR) is 104 cm³/mol. The van der Waals surface area contributed by atoms with Gasteiger partial charge in [0.15, 0.2) is 5.03 Å². The molecule has 1 aliphatic heterocycles. The van der Waals surface area contributed by atoms with E-state index in [9.17, 15) is 8.42 Å². The summed E-state index contributed by atoms with van der Waals surface area (Å²) in [5.41, 5.74) is 0.887. The minimum Gasteiger partial charge on any atom is -0.356 e. The first-order valence-corrected chi connectivity index (χ1v) is 10.7. The molecular weight excluding hydrogens is 366 g/mol. The quantitative estimate of drug-likeness (QED) is 0.681. The summed E-state index contributed by atoms with van der Waals surface area (Å²) in [6, 6.07) is 1.99. The zero-order valence-corrected chi connectivity index (χ0v) is 16.9. The van der Waals surface area contributed by atoms with Crippen LogP contribution in [0.4, 0.5) is 11.8 Å². The summed E-state index contributed by atoms with van der Waals surface area (Å²) >= 11 is 0. The number of imidazole rings is 1. The third-order valence-electron chi connectivity index (χ3n) is 4.58. The normalized spacial score (nSPS) is 15.1. The first kappa shape index (κ1) is 19.6. The molecule has 9 nitrogen and oxygen atoms in total. The Morgan fingerprint density at radius 3 is 2.48 bits per heavy atom. The van der Waals surface area contributed by atoms with Crippen LogP contribution in [-0.4, -0.2) is 54.1 Å². The van der Waals surface area contributed by atoms with Gasteiger partial charge in [-0.3, -0.25) is 0 Å². The number of hydrogen-bond donors (Lipinski definition) is 2. The van der Waals surface area contributed by atoms with Crippen molar-refractivity contribution in [2.45, 2.75) is 38.1 Å². The fraction of sp³-hybridized carbons (Fsp3) is 0.588. The highest BCUT2D eigenvalue weighted by Crippen LogP contribution is 2.19. The lowest BCUT2D eigenvalue weighted by molar-refractivity contribution is 0.573. The topological polar surface area (TPSA) is 105 Å². The van der Waals surface area contributed by atoms with Gasteiger partial charge in [-0.15, -0.1) is 0 Å². The van der Waals surface area contributed by atoms with E-state index in [0.29, 0.717) is 18.3 Å². The van der Waals surface area contributed by atoms with Gasteiger partial charge in [0, 0.05) is 51.2 Å². The molecule has 2 aromatic heterocycles. The second-order valence-electron chi connectivity index (χ2n) is 6.80. The van der Waals surface area contributed by atoms with Gasteiger partial charge in [-0.05, 0) is 33.1 Å². The van der Waals surface area contributed by atoms with Crippen LogP contribution in [0.25, 0.3) is 0 Å². The molecule has 0 bridgehead atoms. The van der Waals surface area contributed by atoms with Gasteiger partial charge in [-0.25, -0.2) is 23.1 Å². The zero-order valence-electron chi connectivity index (χ0n) is 16.1. The molecule has 3 rings (SSSR count). The largest absolute Gasteiger partial charge is 0.356 e. The molecule has 0 atom stereocenters. The van der Waals surface area contributed by atoms with Gasteiger partial charge in [0.1, 0.15) is 11.6 Å². The number of rotatable bonds is 7. The molecule has 0 amide bonds. The predicted octanol–water partition coefficient (Wildman–Crippen LogP) is 1.21. The number of aromatic nitrogens is 4. The first-order valence-electron chi connectivity index (χ1n) is 9.19. The molecular formula is C17H27N7O2S. The Balaban J connectivity index is 1.56. The Hall–Kier alpha value is -2.20. The minimum atomic E-state index is -3.62. The van der Waals surface area contributed by atoms with Gasteiger partial charge >= 0.3 is 0 Å². The lowest BCUT2D eigenvalue weighted by atomic mass is 10.1. The molecule has 0 saturated carbocycles. The van der Waals surface area contributed by atoms with Crippen LogP contribution in [0.2, 0.25) is 0 Å². The molecule has 0 aromatic carbocycles. The Kier molecular flexibility index (Phi) is 5.95. The van der Waals surface area contributed by atoms with Crippen LogP contribution in [0, 0.1) is 13.8 Å². The number of anilines is 2. The number of nitrogens with one attached hydrogen (secondary N) is 2. The Labute approximate surface area is 160 Å². The second kappa shape index (κ2) is 8.22. The summed E-state index contributed by atoms with van der Waals surface area (Å²) in [6.07, 6.45) is 5.13. The van der Waals surface area contributed by atoms with Crippen molar-refractivity contribution in [1.82, 2.24) is 24.2 Å². The molecule has 3 heterocycles. The molecule has 1 fully saturated rings. The van der Waals surface area contributed by atoms with E-state index in [4.69, 9.17) is 0 Å². The van der Waals surface area contributed by atoms with Crippen LogP contribution < -0.4 is 14.9 Å². The third kappa shape index (κ3) is 4.95. The summed E-state index contributed by atoms with van der Waals surface area (Å²) in [7, 11) is -1.86. The molecule has 1 saturated heterocycles. The van der Waals surface area contributed by atoms with E-state index in [2.05, 4.69) is 29.9 Å². The van der Waals surface area contributed by atoms with Crippen LogP contribution in [0.15, 0.2) is 17.3 Å². The maximum Gasteiger partial charge on any atom is 0.259 e. The van der Waals surface area contributed by atoms with Gasteiger partial charge in [-0.1, -0.05) is 0 Å². The smallest absolute Gasteiger partial charge is 0.259 e. The average molecular weight is 394 g/mol. The molecule has 0 radical (unpaired) electrons. The molecule has 2 aromatic rings. The van der Waals surface area contributed by atoms with Crippen molar-refractivity contribution in [3.8, 4) is 0 Å². The zero-order chi connectivity index (χ0) is 19.4. The Bertz CT molecular complexity index is 869. The van der Waals surface area contributed by atoms with E-state index in [1.165, 1.54) is 25.5 Å². The number of nitrogens with zero attached hydrogens (tertiary/aromatic N) is 5. The lowest BCUT2D eigenvalue weighted by Crippen LogP contribution is -2.31. The van der Waals surface area contributed by atoms with Crippen LogP contribution >= 0.6 is 0 Å². The first-order chi connectivity index (χ1) is 12.8. The van der Waals surface area contributed by atoms with E-state index in [1.807, 2.05) is 13.0 Å². The molecule has 2 N–H and O–H groups in total. The van der Waals surface area contributed by atoms with Crippen molar-refractivity contribution in [2.75, 3.05) is 36.4 Å². The maximum absolute atomic E-state index is 12.3. The van der Waals surface area contributed by atoms with E-state index >= 15 is 0 Å². The summed E-state index contributed by atoms with van der Waals surface area (Å²) < 4.78 is 28.8. The standard InChI is InChI=1S/C17H27N7O2S/c1-13-11-15(24-9-5-4-6-10-24)22-17(20-13)18-7-8-19-27(25,26)16-12-23(3)14(2)21-16/h11-12,19H,4-10H2,1-3H3,(H,18,20,22). The van der Waals surface area contributed by atoms with Crippen LogP contribution in [0.3, 0.4) is 0 Å². The number of sulfonamides is 1. The molecule has 0 aliphatic carbocycles. The van der Waals surface area contributed by atoms with E-state index in [-0.39, 0.29) is 11.6 Å². The number of piperidine rings is 1. The van der Waals surface area contributed by atoms with Crippen LogP contribution in [-0.2, 0) is 17.1 Å². The minimum absolute atomic E-state index is 0.0293. The monoisotopic (exact) mass is 393 g/mol. The maximum atomic E-state index is 12.3. The summed E-state index contributed by atoms with van der Waals surface area (Å²) in [4.78, 5) is 15.3. The van der Waals surface area contributed by atoms with E-state index in [0.717, 1.165) is 24.6 Å². The highest BCUT2D eigenvalue weighted by molar-refractivity contribution is 7.89. The highest BCUT2D eigenvalue weighted by atomic mass is 32.2. The van der Waals surface area contributed by atoms with Crippen molar-refractivity contribution in [3.05, 3.63) is 23.8 Å². The summed E-state index contributed by atoms with van der Waals surface area (Å²) in [6.45, 7) is 6.32. The third-order valence-corrected chi connectivity index (χ3v) is 5.91. The van der Waals surface area contributed by atoms with Gasteiger partial charge in [0.25, 0.3) is 10.0 Å². The molecule has 0 unspecified atom stereocenters. The number of aryl methyl sites for hydroxylation is 3. The van der Waals surface area contributed by atoms with Crippen LogP contribution in [0.1, 0.15) is 30.8 Å². The van der Waals surface area contributed by atoms with Gasteiger partial charge in [-0.2, -0.15) is 4.98 Å². The second-order valence-corrected chi connectivity index (χ2v) is 8.51. The van der Waals surface area contributed by atoms with Crippen molar-refractivity contribution < 1.29 is 8.42 Å². The summed E-state index contributed by atoms with van der Waals surface area (Å²) in [5.74, 6) is 2.09. The van der Waals surface area contributed by atoms with E-state index < -0.39 is 10.0 Å². The van der Waals surface area contributed by atoms with Crippen molar-refractivity contribution >= 4 is 21.8 Å². The fourth-order valence-electron chi connectivity index (χ4n) is 3.01. The molecule has 10 heteroatoms. The van der Waals surface area contributed by atoms with Crippen molar-refractivity contribution in [3.63, 3.8) is 0 Å². The molecule has 1 aliphatic rings. The average Bonchev–Trinajstić information content (AvgIpc) is 2.99. The van der Waals surface area contributed by atoms with Gasteiger partial charge in [0.05, 0.1) is 0 Å².